The number of nitrogens with zero attached hydrogens (tertiary/aromatic N) is 3. The number of hydrogen-bond donors (Lipinski definition) is 0. The highest BCUT2D eigenvalue weighted by Crippen LogP contribution is 2.25. The maximum absolute atomic E-state index is 4.33. The summed E-state index contributed by atoms with van der Waals surface area (Å²) in [5.74, 6) is 1.01. The molecular weight excluding hydrogens is 230 g/mol. The fraction of sp³-hybridized carbons (Fsp3) is 0.556. The molecule has 0 radical (unpaired) electrons. The van der Waals surface area contributed by atoms with Crippen LogP contribution in [0.5, 0.6) is 0 Å². The van der Waals surface area contributed by atoms with Crippen LogP contribution in [-0.2, 0) is 7.05 Å². The molecule has 0 amide bonds. The van der Waals surface area contributed by atoms with E-state index in [-0.39, 0.29) is 0 Å². The van der Waals surface area contributed by atoms with E-state index in [1.54, 1.807) is 0 Å². The van der Waals surface area contributed by atoms with Crippen LogP contribution in [0.2, 0.25) is 0 Å². The Labute approximate surface area is 86.0 Å². The lowest BCUT2D eigenvalue weighted by Crippen LogP contribution is -2.01. The van der Waals surface area contributed by atoms with Crippen molar-refractivity contribution in [3.63, 3.8) is 0 Å². The minimum absolute atomic E-state index is 0.677. The number of aryl methyl sites for hydroxylation is 1. The lowest BCUT2D eigenvalue weighted by molar-refractivity contribution is 0.708. The van der Waals surface area contributed by atoms with Crippen LogP contribution in [0, 0.1) is 0 Å². The lowest BCUT2D eigenvalue weighted by atomic mass is 9.99. The van der Waals surface area contributed by atoms with Gasteiger partial charge in [-0.05, 0) is 47.2 Å². The molecule has 0 fully saturated rings. The van der Waals surface area contributed by atoms with Crippen LogP contribution in [0.3, 0.4) is 0 Å². The minimum atomic E-state index is 0.677. The average molecular weight is 242 g/mol. The van der Waals surface area contributed by atoms with Gasteiger partial charge in [-0.15, -0.1) is 5.10 Å². The highest BCUT2D eigenvalue weighted by atomic mass is 79.9. The van der Waals surface area contributed by atoms with Crippen molar-refractivity contribution in [2.24, 2.45) is 7.05 Å². The van der Waals surface area contributed by atoms with Gasteiger partial charge in [-0.25, -0.2) is 9.67 Å². The highest BCUT2D eigenvalue weighted by Gasteiger charge is 2.12. The number of allylic oxidation sites excluding steroid dienone is 2. The lowest BCUT2D eigenvalue weighted by Gasteiger charge is -2.10. The summed E-state index contributed by atoms with van der Waals surface area (Å²) in [6.07, 6.45) is 7.18. The van der Waals surface area contributed by atoms with Gasteiger partial charge in [0.05, 0.1) is 0 Å². The Kier molecular flexibility index (Phi) is 2.49. The van der Waals surface area contributed by atoms with Crippen molar-refractivity contribution in [1.82, 2.24) is 14.8 Å². The Bertz CT molecular complexity index is 341. The van der Waals surface area contributed by atoms with Crippen LogP contribution in [0.15, 0.2) is 10.8 Å². The number of rotatable bonds is 1. The van der Waals surface area contributed by atoms with Gasteiger partial charge >= 0.3 is 0 Å². The number of aromatic nitrogens is 3. The molecule has 1 heterocycles. The molecule has 13 heavy (non-hydrogen) atoms. The molecule has 0 aliphatic heterocycles. The molecule has 0 bridgehead atoms. The van der Waals surface area contributed by atoms with Gasteiger partial charge in [0.25, 0.3) is 0 Å². The first-order valence-corrected chi connectivity index (χ1v) is 5.32. The largest absolute Gasteiger partial charge is 0.248 e. The Morgan fingerprint density at radius 2 is 2.31 bits per heavy atom. The molecule has 0 aromatic carbocycles. The molecule has 0 atom stereocenters. The number of hydrogen-bond acceptors (Lipinski definition) is 2. The topological polar surface area (TPSA) is 30.7 Å². The molecule has 1 aliphatic rings. The molecule has 1 aromatic heterocycles. The van der Waals surface area contributed by atoms with Crippen molar-refractivity contribution in [3.05, 3.63) is 16.6 Å². The highest BCUT2D eigenvalue weighted by molar-refractivity contribution is 9.10. The van der Waals surface area contributed by atoms with E-state index in [0.717, 1.165) is 12.2 Å². The minimum Gasteiger partial charge on any atom is -0.248 e. The molecule has 1 aliphatic carbocycles. The van der Waals surface area contributed by atoms with Gasteiger partial charge in [-0.2, -0.15) is 0 Å². The second kappa shape index (κ2) is 3.62. The van der Waals surface area contributed by atoms with Gasteiger partial charge < -0.3 is 0 Å². The van der Waals surface area contributed by atoms with E-state index < -0.39 is 0 Å². The van der Waals surface area contributed by atoms with Crippen molar-refractivity contribution in [1.29, 1.82) is 0 Å². The van der Waals surface area contributed by atoms with E-state index in [4.69, 9.17) is 0 Å². The molecule has 1 aromatic rings. The first-order chi connectivity index (χ1) is 6.27. The van der Waals surface area contributed by atoms with Crippen LogP contribution < -0.4 is 0 Å². The van der Waals surface area contributed by atoms with Crippen molar-refractivity contribution in [2.45, 2.75) is 25.7 Å². The van der Waals surface area contributed by atoms with E-state index in [2.05, 4.69) is 32.1 Å². The molecule has 0 saturated carbocycles. The van der Waals surface area contributed by atoms with E-state index in [0.29, 0.717) is 4.73 Å². The summed E-state index contributed by atoms with van der Waals surface area (Å²) in [5.41, 5.74) is 1.34. The second-order valence-electron chi connectivity index (χ2n) is 3.30. The van der Waals surface area contributed by atoms with Crippen LogP contribution >= 0.6 is 15.9 Å². The molecular formula is C9H12BrN3. The molecule has 0 saturated heterocycles. The smallest absolute Gasteiger partial charge is 0.217 e. The summed E-state index contributed by atoms with van der Waals surface area (Å²) >= 11 is 3.28. The maximum Gasteiger partial charge on any atom is 0.217 e. The molecule has 3 nitrogen and oxygen atoms in total. The third-order valence-electron chi connectivity index (χ3n) is 2.32. The SMILES string of the molecule is Cn1nc(Br)nc1C1=CCCCC1. The van der Waals surface area contributed by atoms with E-state index in [1.807, 2.05) is 11.7 Å². The third kappa shape index (κ3) is 1.82. The van der Waals surface area contributed by atoms with Crippen LogP contribution in [-0.4, -0.2) is 14.8 Å². The van der Waals surface area contributed by atoms with Gasteiger partial charge in [0.2, 0.25) is 4.73 Å². The molecule has 4 heteroatoms. The Morgan fingerprint density at radius 3 is 2.85 bits per heavy atom. The third-order valence-corrected chi connectivity index (χ3v) is 2.65. The Morgan fingerprint density at radius 1 is 1.46 bits per heavy atom. The second-order valence-corrected chi connectivity index (χ2v) is 4.01. The molecule has 0 N–H and O–H groups in total. The summed E-state index contributed by atoms with van der Waals surface area (Å²) in [4.78, 5) is 4.33. The Hall–Kier alpha value is -0.640. The molecule has 0 unspecified atom stereocenters. The van der Waals surface area contributed by atoms with E-state index in [9.17, 15) is 0 Å². The summed E-state index contributed by atoms with van der Waals surface area (Å²) < 4.78 is 2.51. The van der Waals surface area contributed by atoms with Gasteiger partial charge in [-0.3, -0.25) is 0 Å². The average Bonchev–Trinajstić information content (AvgIpc) is 2.47. The molecule has 2 rings (SSSR count). The zero-order chi connectivity index (χ0) is 9.26. The fourth-order valence-corrected chi connectivity index (χ4v) is 2.08. The normalized spacial score (nSPS) is 17.2. The van der Waals surface area contributed by atoms with Gasteiger partial charge in [-0.1, -0.05) is 6.08 Å². The summed E-state index contributed by atoms with van der Waals surface area (Å²) in [6.45, 7) is 0. The predicted molar refractivity (Wildman–Crippen MR) is 55.1 cm³/mol. The number of halogens is 1. The fourth-order valence-electron chi connectivity index (χ4n) is 1.67. The van der Waals surface area contributed by atoms with Gasteiger partial charge in [0.15, 0.2) is 5.82 Å². The monoisotopic (exact) mass is 241 g/mol. The summed E-state index contributed by atoms with van der Waals surface area (Å²) in [7, 11) is 1.93. The summed E-state index contributed by atoms with van der Waals surface area (Å²) in [5, 5.41) is 4.17. The van der Waals surface area contributed by atoms with E-state index in [1.165, 1.54) is 24.8 Å². The Balaban J connectivity index is 2.33. The quantitative estimate of drug-likeness (QED) is 0.757. The molecule has 0 spiro atoms. The van der Waals surface area contributed by atoms with Crippen LogP contribution in [0.1, 0.15) is 31.5 Å². The van der Waals surface area contributed by atoms with Crippen LogP contribution in [0.4, 0.5) is 0 Å². The maximum atomic E-state index is 4.33. The predicted octanol–water partition coefficient (Wildman–Crippen LogP) is 2.54. The standard InChI is InChI=1S/C9H12BrN3/c1-13-8(11-9(10)12-13)7-5-3-2-4-6-7/h5H,2-4,6H2,1H3. The van der Waals surface area contributed by atoms with Crippen molar-refractivity contribution < 1.29 is 0 Å². The van der Waals surface area contributed by atoms with Crippen molar-refractivity contribution >= 4 is 21.5 Å². The molecule has 70 valence electrons. The zero-order valence-electron chi connectivity index (χ0n) is 7.63. The first-order valence-electron chi connectivity index (χ1n) is 4.53. The zero-order valence-corrected chi connectivity index (χ0v) is 9.21. The first kappa shape index (κ1) is 8.94. The van der Waals surface area contributed by atoms with Crippen molar-refractivity contribution in [2.75, 3.05) is 0 Å². The summed E-state index contributed by atoms with van der Waals surface area (Å²) in [6, 6.07) is 0. The van der Waals surface area contributed by atoms with E-state index >= 15 is 0 Å². The van der Waals surface area contributed by atoms with Crippen molar-refractivity contribution in [3.8, 4) is 0 Å². The van der Waals surface area contributed by atoms with Gasteiger partial charge in [0, 0.05) is 7.05 Å². The van der Waals surface area contributed by atoms with Gasteiger partial charge in [0.1, 0.15) is 0 Å². The van der Waals surface area contributed by atoms with Crippen LogP contribution in [0.25, 0.3) is 5.57 Å².